The largest absolute Gasteiger partial charge is 0.474 e. The van der Waals surface area contributed by atoms with Crippen molar-refractivity contribution >= 4 is 13.8 Å². The number of halogens is 3. The predicted molar refractivity (Wildman–Crippen MR) is 53.7 cm³/mol. The molecule has 18 heavy (non-hydrogen) atoms. The lowest BCUT2D eigenvalue weighted by atomic mass is 10.3. The molecule has 0 aliphatic heterocycles. The topological polar surface area (TPSA) is 71.1 Å². The van der Waals surface area contributed by atoms with Gasteiger partial charge < -0.3 is 4.74 Å². The standard InChI is InChI=1S/C8H12F3O6P/c1-6(8(9,10)11)7(12)16-4-5-17-18(13,14-2)15-3/h1,4-5H2,2-3H3. The maximum Gasteiger partial charge on any atom is 0.474 e. The molecular weight excluding hydrogens is 280 g/mol. The van der Waals surface area contributed by atoms with Crippen molar-refractivity contribution in [3.05, 3.63) is 12.2 Å². The maximum absolute atomic E-state index is 12.0. The van der Waals surface area contributed by atoms with Gasteiger partial charge in [-0.25, -0.2) is 9.36 Å². The van der Waals surface area contributed by atoms with Crippen LogP contribution in [-0.2, 0) is 27.7 Å². The first-order valence-corrected chi connectivity index (χ1v) is 5.91. The Morgan fingerprint density at radius 2 is 1.72 bits per heavy atom. The molecule has 0 aromatic rings. The number of phosphoric ester groups is 1. The lowest BCUT2D eigenvalue weighted by Crippen LogP contribution is -2.22. The van der Waals surface area contributed by atoms with Crippen LogP contribution in [0.2, 0.25) is 0 Å². The van der Waals surface area contributed by atoms with Gasteiger partial charge in [0.15, 0.2) is 0 Å². The molecule has 0 saturated carbocycles. The second kappa shape index (κ2) is 6.89. The highest BCUT2D eigenvalue weighted by molar-refractivity contribution is 7.48. The minimum Gasteiger partial charge on any atom is -0.460 e. The van der Waals surface area contributed by atoms with Gasteiger partial charge in [0.2, 0.25) is 0 Å². The highest BCUT2D eigenvalue weighted by Crippen LogP contribution is 2.47. The molecule has 10 heteroatoms. The molecule has 0 atom stereocenters. The molecule has 0 bridgehead atoms. The van der Waals surface area contributed by atoms with E-state index in [2.05, 4.69) is 24.9 Å². The lowest BCUT2D eigenvalue weighted by Gasteiger charge is -2.13. The van der Waals surface area contributed by atoms with Crippen LogP contribution in [0.4, 0.5) is 13.2 Å². The van der Waals surface area contributed by atoms with Crippen molar-refractivity contribution < 1.29 is 40.8 Å². The van der Waals surface area contributed by atoms with Crippen molar-refractivity contribution in [3.8, 4) is 0 Å². The summed E-state index contributed by atoms with van der Waals surface area (Å²) in [6.07, 6.45) is -4.85. The van der Waals surface area contributed by atoms with Gasteiger partial charge in [0.05, 0.1) is 6.61 Å². The summed E-state index contributed by atoms with van der Waals surface area (Å²) in [5.74, 6) is -1.63. The first-order chi connectivity index (χ1) is 8.16. The van der Waals surface area contributed by atoms with E-state index in [1.807, 2.05) is 0 Å². The monoisotopic (exact) mass is 292 g/mol. The molecule has 0 aromatic heterocycles. The molecule has 0 rings (SSSR count). The Labute approximate surface area is 101 Å². The van der Waals surface area contributed by atoms with E-state index in [0.717, 1.165) is 14.2 Å². The Morgan fingerprint density at radius 3 is 2.11 bits per heavy atom. The van der Waals surface area contributed by atoms with Crippen molar-refractivity contribution in [2.45, 2.75) is 6.18 Å². The van der Waals surface area contributed by atoms with Gasteiger partial charge in [-0.3, -0.25) is 13.6 Å². The summed E-state index contributed by atoms with van der Waals surface area (Å²) in [7, 11) is -1.62. The van der Waals surface area contributed by atoms with Crippen molar-refractivity contribution in [2.24, 2.45) is 0 Å². The molecule has 0 aliphatic carbocycles. The summed E-state index contributed by atoms with van der Waals surface area (Å²) in [5, 5.41) is 0. The average molecular weight is 292 g/mol. The van der Waals surface area contributed by atoms with E-state index in [9.17, 15) is 22.5 Å². The fourth-order valence-corrected chi connectivity index (χ4v) is 1.32. The molecule has 0 aromatic carbocycles. The molecule has 0 radical (unpaired) electrons. The number of hydrogen-bond acceptors (Lipinski definition) is 6. The van der Waals surface area contributed by atoms with Crippen LogP contribution >= 0.6 is 7.82 Å². The maximum atomic E-state index is 12.0. The molecule has 0 saturated heterocycles. The van der Waals surface area contributed by atoms with Crippen LogP contribution in [0.1, 0.15) is 0 Å². The van der Waals surface area contributed by atoms with Gasteiger partial charge in [0.1, 0.15) is 12.2 Å². The highest BCUT2D eigenvalue weighted by Gasteiger charge is 2.38. The molecule has 6 nitrogen and oxygen atoms in total. The number of alkyl halides is 3. The number of carbonyl (C=O) groups is 1. The van der Waals surface area contributed by atoms with Crippen LogP contribution in [0.3, 0.4) is 0 Å². The minimum absolute atomic E-state index is 0.449. The SMILES string of the molecule is C=C(C(=O)OCCOP(=O)(OC)OC)C(F)(F)F. The zero-order chi connectivity index (χ0) is 14.4. The molecule has 0 heterocycles. The molecule has 0 N–H and O–H groups in total. The van der Waals surface area contributed by atoms with Crippen LogP contribution in [0, 0.1) is 0 Å². The number of rotatable bonds is 7. The normalized spacial score (nSPS) is 12.3. The Kier molecular flexibility index (Phi) is 6.55. The van der Waals surface area contributed by atoms with Crippen LogP contribution in [0.5, 0.6) is 0 Å². The van der Waals surface area contributed by atoms with Gasteiger partial charge in [-0.1, -0.05) is 6.58 Å². The molecule has 106 valence electrons. The van der Waals surface area contributed by atoms with E-state index in [1.54, 1.807) is 0 Å². The summed E-state index contributed by atoms with van der Waals surface area (Å²) in [6, 6.07) is 0. The third kappa shape index (κ3) is 5.63. The number of hydrogen-bond donors (Lipinski definition) is 0. The number of esters is 1. The molecule has 0 fully saturated rings. The Balaban J connectivity index is 4.04. The van der Waals surface area contributed by atoms with Gasteiger partial charge in [-0.15, -0.1) is 0 Å². The van der Waals surface area contributed by atoms with E-state index in [1.165, 1.54) is 0 Å². The van der Waals surface area contributed by atoms with E-state index < -0.39 is 38.8 Å². The number of ether oxygens (including phenoxy) is 1. The van der Waals surface area contributed by atoms with E-state index in [4.69, 9.17) is 0 Å². The zero-order valence-corrected chi connectivity index (χ0v) is 10.5. The third-order valence-electron chi connectivity index (χ3n) is 1.60. The molecule has 0 aliphatic rings. The van der Waals surface area contributed by atoms with Crippen molar-refractivity contribution in [2.75, 3.05) is 27.4 Å². The van der Waals surface area contributed by atoms with E-state index in [0.29, 0.717) is 0 Å². The van der Waals surface area contributed by atoms with Gasteiger partial charge in [0, 0.05) is 14.2 Å². The molecule has 0 unspecified atom stereocenters. The van der Waals surface area contributed by atoms with Crippen molar-refractivity contribution in [1.29, 1.82) is 0 Å². The summed E-state index contributed by atoms with van der Waals surface area (Å²) in [5.41, 5.74) is -1.64. The third-order valence-corrected chi connectivity index (χ3v) is 2.99. The first-order valence-electron chi connectivity index (χ1n) is 4.45. The second-order valence-corrected chi connectivity index (χ2v) is 4.64. The number of carbonyl (C=O) groups excluding carboxylic acids is 1. The van der Waals surface area contributed by atoms with Crippen LogP contribution < -0.4 is 0 Å². The van der Waals surface area contributed by atoms with Crippen LogP contribution in [-0.4, -0.2) is 39.6 Å². The molecule has 0 amide bonds. The second-order valence-electron chi connectivity index (χ2n) is 2.76. The Morgan fingerprint density at radius 1 is 1.22 bits per heavy atom. The smallest absolute Gasteiger partial charge is 0.460 e. The first kappa shape index (κ1) is 17.1. The summed E-state index contributed by atoms with van der Waals surface area (Å²) >= 11 is 0. The molecular formula is C8H12F3O6P. The zero-order valence-electron chi connectivity index (χ0n) is 9.65. The van der Waals surface area contributed by atoms with E-state index >= 15 is 0 Å². The van der Waals surface area contributed by atoms with Gasteiger partial charge in [0.25, 0.3) is 0 Å². The fourth-order valence-electron chi connectivity index (χ4n) is 0.666. The average Bonchev–Trinajstić information content (AvgIpc) is 2.31. The summed E-state index contributed by atoms with van der Waals surface area (Å²) in [4.78, 5) is 10.8. The van der Waals surface area contributed by atoms with Gasteiger partial charge in [-0.2, -0.15) is 13.2 Å². The van der Waals surface area contributed by atoms with Gasteiger partial charge in [-0.05, 0) is 0 Å². The van der Waals surface area contributed by atoms with Crippen LogP contribution in [0.25, 0.3) is 0 Å². The number of phosphoric acid groups is 1. The molecule has 0 spiro atoms. The highest BCUT2D eigenvalue weighted by atomic mass is 31.2. The predicted octanol–water partition coefficient (Wildman–Crippen LogP) is 2.07. The quantitative estimate of drug-likeness (QED) is 0.309. The Bertz CT molecular complexity index is 345. The van der Waals surface area contributed by atoms with Crippen LogP contribution in [0.15, 0.2) is 12.2 Å². The van der Waals surface area contributed by atoms with Gasteiger partial charge >= 0.3 is 20.0 Å². The van der Waals surface area contributed by atoms with E-state index in [-0.39, 0.29) is 0 Å². The lowest BCUT2D eigenvalue weighted by molar-refractivity contribution is -0.151. The van der Waals surface area contributed by atoms with Crippen molar-refractivity contribution in [3.63, 3.8) is 0 Å². The summed E-state index contributed by atoms with van der Waals surface area (Å²) in [6.45, 7) is 1.54. The Hall–Kier alpha value is -0.890. The minimum atomic E-state index is -4.85. The van der Waals surface area contributed by atoms with Crippen molar-refractivity contribution in [1.82, 2.24) is 0 Å². The fraction of sp³-hybridized carbons (Fsp3) is 0.625. The summed E-state index contributed by atoms with van der Waals surface area (Å²) < 4.78 is 64.8.